The van der Waals surface area contributed by atoms with Gasteiger partial charge in [-0.25, -0.2) is 18.4 Å². The molecule has 8 nitrogen and oxygen atoms in total. The molecule has 1 aliphatic rings. The van der Waals surface area contributed by atoms with Crippen LogP contribution in [0, 0.1) is 19.8 Å². The van der Waals surface area contributed by atoms with Crippen LogP contribution in [-0.4, -0.2) is 50.1 Å². The molecule has 3 N–H and O–H groups in total. The third-order valence-corrected chi connectivity index (χ3v) is 6.30. The van der Waals surface area contributed by atoms with Gasteiger partial charge in [-0.15, -0.1) is 0 Å². The van der Waals surface area contributed by atoms with Gasteiger partial charge in [-0.3, -0.25) is 4.79 Å². The van der Waals surface area contributed by atoms with Crippen molar-refractivity contribution in [3.63, 3.8) is 0 Å². The molecule has 1 aromatic carbocycles. The first-order valence-electron chi connectivity index (χ1n) is 10.1. The lowest BCUT2D eigenvalue weighted by atomic mass is 9.91. The van der Waals surface area contributed by atoms with Crippen LogP contribution in [0.15, 0.2) is 17.0 Å². The summed E-state index contributed by atoms with van der Waals surface area (Å²) in [6.07, 6.45) is 1.34. The molecule has 1 aromatic rings. The zero-order chi connectivity index (χ0) is 22.9. The van der Waals surface area contributed by atoms with Gasteiger partial charge in [0.25, 0.3) is 5.91 Å². The van der Waals surface area contributed by atoms with Gasteiger partial charge in [0.2, 0.25) is 10.0 Å². The van der Waals surface area contributed by atoms with Crippen molar-refractivity contribution in [2.75, 3.05) is 13.1 Å². The smallest absolute Gasteiger partial charge is 0.410 e. The Morgan fingerprint density at radius 3 is 2.43 bits per heavy atom. The first-order chi connectivity index (χ1) is 13.7. The van der Waals surface area contributed by atoms with Crippen molar-refractivity contribution in [3.05, 3.63) is 28.8 Å². The second-order valence-electron chi connectivity index (χ2n) is 9.07. The van der Waals surface area contributed by atoms with Crippen LogP contribution in [0.25, 0.3) is 0 Å². The Morgan fingerprint density at radius 2 is 1.87 bits per heavy atom. The number of carbonyl (C=O) groups is 2. The average Bonchev–Trinajstić information content (AvgIpc) is 2.59. The van der Waals surface area contributed by atoms with Crippen LogP contribution in [0.2, 0.25) is 0 Å². The molecular formula is C21H33N3O5S. The highest BCUT2D eigenvalue weighted by atomic mass is 32.2. The number of ether oxygens (including phenoxy) is 1. The van der Waals surface area contributed by atoms with Crippen LogP contribution in [0.1, 0.15) is 62.0 Å². The Hall–Kier alpha value is -2.13. The molecule has 1 fully saturated rings. The molecular weight excluding hydrogens is 406 g/mol. The maximum Gasteiger partial charge on any atom is 0.410 e. The van der Waals surface area contributed by atoms with Gasteiger partial charge in [0.05, 0.1) is 4.90 Å². The third-order valence-electron chi connectivity index (χ3n) is 5.25. The fraction of sp³-hybridized carbons (Fsp3) is 0.619. The van der Waals surface area contributed by atoms with Crippen molar-refractivity contribution in [1.82, 2.24) is 10.2 Å². The summed E-state index contributed by atoms with van der Waals surface area (Å²) in [6, 6.07) is 2.77. The van der Waals surface area contributed by atoms with Gasteiger partial charge in [0, 0.05) is 24.7 Å². The summed E-state index contributed by atoms with van der Waals surface area (Å²) in [4.78, 5) is 26.9. The van der Waals surface area contributed by atoms with E-state index in [9.17, 15) is 18.0 Å². The minimum absolute atomic E-state index is 0.0559. The minimum atomic E-state index is -3.93. The Morgan fingerprint density at radius 1 is 1.23 bits per heavy atom. The molecule has 2 atom stereocenters. The van der Waals surface area contributed by atoms with Crippen LogP contribution in [0.5, 0.6) is 0 Å². The molecule has 0 spiro atoms. The van der Waals surface area contributed by atoms with E-state index in [-0.39, 0.29) is 34.4 Å². The quantitative estimate of drug-likeness (QED) is 0.748. The number of primary sulfonamides is 1. The summed E-state index contributed by atoms with van der Waals surface area (Å²) in [7, 11) is -3.93. The van der Waals surface area contributed by atoms with Gasteiger partial charge >= 0.3 is 6.09 Å². The van der Waals surface area contributed by atoms with Gasteiger partial charge in [0.15, 0.2) is 0 Å². The predicted octanol–water partition coefficient (Wildman–Crippen LogP) is 2.72. The van der Waals surface area contributed by atoms with E-state index in [4.69, 9.17) is 9.88 Å². The largest absolute Gasteiger partial charge is 0.444 e. The van der Waals surface area contributed by atoms with Crippen molar-refractivity contribution in [2.45, 2.75) is 70.9 Å². The van der Waals surface area contributed by atoms with E-state index in [1.807, 2.05) is 27.7 Å². The maximum atomic E-state index is 12.9. The van der Waals surface area contributed by atoms with Crippen LogP contribution in [-0.2, 0) is 14.8 Å². The number of rotatable bonds is 4. The average molecular weight is 440 g/mol. The highest BCUT2D eigenvalue weighted by molar-refractivity contribution is 7.89. The number of aryl methyl sites for hydroxylation is 2. The molecule has 9 heteroatoms. The normalized spacial score (nSPS) is 18.6. The fourth-order valence-corrected chi connectivity index (χ4v) is 4.49. The lowest BCUT2D eigenvalue weighted by Crippen LogP contribution is -2.49. The number of nitrogens with one attached hydrogen (secondary N) is 1. The lowest BCUT2D eigenvalue weighted by Gasteiger charge is -2.36. The number of likely N-dealkylation sites (tertiary alicyclic amines) is 1. The number of carbonyl (C=O) groups excluding carboxylic acids is 2. The molecule has 1 saturated heterocycles. The van der Waals surface area contributed by atoms with E-state index in [1.165, 1.54) is 6.07 Å². The molecule has 1 heterocycles. The summed E-state index contributed by atoms with van der Waals surface area (Å²) < 4.78 is 29.1. The van der Waals surface area contributed by atoms with Crippen LogP contribution in [0.3, 0.4) is 0 Å². The van der Waals surface area contributed by atoms with Gasteiger partial charge in [-0.05, 0) is 77.5 Å². The SMILES string of the molecule is Cc1cc(C)c(S(N)(=O)=O)cc1C(=O)N[C@@H](C)[C@@H]1CCCN(C(=O)OC(C)(C)C)C1. The van der Waals surface area contributed by atoms with E-state index in [2.05, 4.69) is 5.32 Å². The zero-order valence-corrected chi connectivity index (χ0v) is 19.4. The number of hydrogen-bond donors (Lipinski definition) is 2. The summed E-state index contributed by atoms with van der Waals surface area (Å²) in [6.45, 7) is 11.9. The van der Waals surface area contributed by atoms with Crippen molar-refractivity contribution >= 4 is 22.0 Å². The Labute approximate surface area is 179 Å². The first-order valence-corrected chi connectivity index (χ1v) is 11.7. The molecule has 0 saturated carbocycles. The predicted molar refractivity (Wildman–Crippen MR) is 115 cm³/mol. The van der Waals surface area contributed by atoms with Gasteiger partial charge in [-0.2, -0.15) is 0 Å². The molecule has 168 valence electrons. The highest BCUT2D eigenvalue weighted by Crippen LogP contribution is 2.23. The minimum Gasteiger partial charge on any atom is -0.444 e. The standard InChI is InChI=1S/C21H33N3O5S/c1-13-10-14(2)18(30(22,27)28)11-17(13)19(25)23-15(3)16-8-7-9-24(12-16)20(26)29-21(4,5)6/h10-11,15-16H,7-9,12H2,1-6H3,(H,23,25)(H2,22,27,28)/t15-,16+/m0/s1. The van der Waals surface area contributed by atoms with E-state index in [1.54, 1.807) is 24.8 Å². The molecule has 2 amide bonds. The molecule has 0 unspecified atom stereocenters. The summed E-state index contributed by atoms with van der Waals surface area (Å²) in [5.74, 6) is -0.294. The van der Waals surface area contributed by atoms with E-state index < -0.39 is 15.6 Å². The molecule has 30 heavy (non-hydrogen) atoms. The Balaban J connectivity index is 2.11. The van der Waals surface area contributed by atoms with Gasteiger partial charge < -0.3 is 15.0 Å². The number of amides is 2. The van der Waals surface area contributed by atoms with Crippen molar-refractivity contribution in [2.24, 2.45) is 11.1 Å². The molecule has 1 aliphatic heterocycles. The maximum absolute atomic E-state index is 12.9. The van der Waals surface area contributed by atoms with Crippen molar-refractivity contribution in [1.29, 1.82) is 0 Å². The molecule has 0 aromatic heterocycles. The number of benzene rings is 1. The number of hydrogen-bond acceptors (Lipinski definition) is 5. The van der Waals surface area contributed by atoms with Crippen LogP contribution < -0.4 is 10.5 Å². The van der Waals surface area contributed by atoms with Crippen LogP contribution in [0.4, 0.5) is 4.79 Å². The number of piperidine rings is 1. The van der Waals surface area contributed by atoms with E-state index in [0.717, 1.165) is 12.8 Å². The third kappa shape index (κ3) is 6.18. The monoisotopic (exact) mass is 439 g/mol. The number of nitrogens with two attached hydrogens (primary N) is 1. The van der Waals surface area contributed by atoms with Gasteiger partial charge in [-0.1, -0.05) is 6.07 Å². The molecule has 0 aliphatic carbocycles. The number of sulfonamides is 1. The Kier molecular flexibility index (Phi) is 7.19. The van der Waals surface area contributed by atoms with Gasteiger partial charge in [0.1, 0.15) is 5.60 Å². The first kappa shape index (κ1) is 24.1. The van der Waals surface area contributed by atoms with Crippen molar-refractivity contribution in [3.8, 4) is 0 Å². The fourth-order valence-electron chi connectivity index (χ4n) is 3.70. The summed E-state index contributed by atoms with van der Waals surface area (Å²) in [5, 5.41) is 8.23. The zero-order valence-electron chi connectivity index (χ0n) is 18.6. The Bertz CT molecular complexity index is 921. The summed E-state index contributed by atoms with van der Waals surface area (Å²) in [5.41, 5.74) is 0.883. The number of nitrogens with zero attached hydrogens (tertiary/aromatic N) is 1. The van der Waals surface area contributed by atoms with E-state index >= 15 is 0 Å². The highest BCUT2D eigenvalue weighted by Gasteiger charge is 2.31. The lowest BCUT2D eigenvalue weighted by molar-refractivity contribution is 0.0150. The molecule has 2 rings (SSSR count). The molecule has 0 bridgehead atoms. The van der Waals surface area contributed by atoms with E-state index in [0.29, 0.717) is 24.2 Å². The van der Waals surface area contributed by atoms with Crippen LogP contribution >= 0.6 is 0 Å². The topological polar surface area (TPSA) is 119 Å². The molecule has 0 radical (unpaired) electrons. The summed E-state index contributed by atoms with van der Waals surface area (Å²) >= 11 is 0. The second kappa shape index (κ2) is 8.93. The van der Waals surface area contributed by atoms with Crippen molar-refractivity contribution < 1.29 is 22.7 Å². The second-order valence-corrected chi connectivity index (χ2v) is 10.6.